The molecule has 0 spiro atoms. The van der Waals surface area contributed by atoms with Crippen molar-refractivity contribution in [3.8, 4) is 6.07 Å². The number of anilines is 1. The lowest BCUT2D eigenvalue weighted by Gasteiger charge is -2.12. The lowest BCUT2D eigenvalue weighted by atomic mass is 10.1. The molecule has 0 unspecified atom stereocenters. The van der Waals surface area contributed by atoms with Gasteiger partial charge in [0.2, 0.25) is 5.91 Å². The maximum absolute atomic E-state index is 13.1. The molecule has 0 aromatic carbocycles. The minimum atomic E-state index is -4.68. The molecule has 0 aliphatic carbocycles. The minimum Gasteiger partial charge on any atom is -0.309 e. The van der Waals surface area contributed by atoms with Crippen LogP contribution >= 0.6 is 43.6 Å². The van der Waals surface area contributed by atoms with E-state index < -0.39 is 23.2 Å². The predicted molar refractivity (Wildman–Crippen MR) is 97.7 cm³/mol. The minimum absolute atomic E-state index is 0.108. The van der Waals surface area contributed by atoms with Gasteiger partial charge in [-0.15, -0.1) is 0 Å². The molecule has 2 rings (SSSR count). The zero-order chi connectivity index (χ0) is 19.5. The first-order chi connectivity index (χ1) is 12.1. The van der Waals surface area contributed by atoms with Gasteiger partial charge in [0.1, 0.15) is 16.9 Å². The molecule has 0 radical (unpaired) electrons. The molecule has 0 saturated carbocycles. The number of halogens is 5. The number of hydrogen-bond donors (Lipinski definition) is 1. The quantitative estimate of drug-likeness (QED) is 0.591. The van der Waals surface area contributed by atoms with Gasteiger partial charge in [0, 0.05) is 16.4 Å². The molecule has 0 atom stereocenters. The van der Waals surface area contributed by atoms with Gasteiger partial charge in [-0.2, -0.15) is 18.4 Å². The second kappa shape index (κ2) is 8.37. The van der Waals surface area contributed by atoms with Crippen molar-refractivity contribution in [1.29, 1.82) is 5.26 Å². The second-order valence-corrected chi connectivity index (χ2v) is 7.66. The molecule has 1 amide bonds. The number of alkyl halides is 3. The molecule has 0 bridgehead atoms. The van der Waals surface area contributed by atoms with Crippen molar-refractivity contribution in [2.45, 2.75) is 18.1 Å². The van der Waals surface area contributed by atoms with Crippen LogP contribution in [-0.4, -0.2) is 21.6 Å². The van der Waals surface area contributed by atoms with Gasteiger partial charge in [-0.3, -0.25) is 4.79 Å². The number of carbonyl (C=O) groups excluding carboxylic acids is 1. The van der Waals surface area contributed by atoms with Gasteiger partial charge in [0.15, 0.2) is 0 Å². The summed E-state index contributed by atoms with van der Waals surface area (Å²) in [6.45, 7) is 1.39. The van der Waals surface area contributed by atoms with Gasteiger partial charge >= 0.3 is 6.18 Å². The number of nitriles is 1. The van der Waals surface area contributed by atoms with Crippen LogP contribution in [-0.2, 0) is 11.0 Å². The molecule has 26 heavy (non-hydrogen) atoms. The molecule has 2 heterocycles. The van der Waals surface area contributed by atoms with Crippen LogP contribution in [0.3, 0.4) is 0 Å². The Morgan fingerprint density at radius 1 is 1.38 bits per heavy atom. The van der Waals surface area contributed by atoms with E-state index >= 15 is 0 Å². The Morgan fingerprint density at radius 3 is 2.65 bits per heavy atom. The Balaban J connectivity index is 2.17. The van der Waals surface area contributed by atoms with Crippen LogP contribution in [0.2, 0.25) is 0 Å². The highest BCUT2D eigenvalue weighted by atomic mass is 79.9. The molecule has 2 aromatic heterocycles. The molecule has 5 nitrogen and oxygen atoms in total. The number of amides is 1. The zero-order valence-corrected chi connectivity index (χ0v) is 17.0. The summed E-state index contributed by atoms with van der Waals surface area (Å²) in [6.07, 6.45) is -3.19. The van der Waals surface area contributed by atoms with Crippen molar-refractivity contribution in [2.24, 2.45) is 0 Å². The third-order valence-corrected chi connectivity index (χ3v) is 4.95. The summed E-state index contributed by atoms with van der Waals surface area (Å²) in [5, 5.41) is 11.5. The molecule has 0 aliphatic heterocycles. The Morgan fingerprint density at radius 2 is 2.08 bits per heavy atom. The Bertz CT molecular complexity index is 900. The summed E-state index contributed by atoms with van der Waals surface area (Å²) in [4.78, 5) is 20.0. The highest BCUT2D eigenvalue weighted by Crippen LogP contribution is 2.35. The van der Waals surface area contributed by atoms with Crippen molar-refractivity contribution in [2.75, 3.05) is 11.1 Å². The highest BCUT2D eigenvalue weighted by Gasteiger charge is 2.35. The van der Waals surface area contributed by atoms with Crippen LogP contribution in [0.5, 0.6) is 0 Å². The molecule has 136 valence electrons. The molecule has 1 N–H and O–H groups in total. The smallest absolute Gasteiger partial charge is 0.309 e. The Hall–Kier alpha value is -1.64. The normalized spacial score (nSPS) is 11.1. The first-order valence-electron chi connectivity index (χ1n) is 6.84. The van der Waals surface area contributed by atoms with E-state index in [9.17, 15) is 18.0 Å². The lowest BCUT2D eigenvalue weighted by molar-refractivity contribution is -0.138. The van der Waals surface area contributed by atoms with E-state index in [1.807, 2.05) is 0 Å². The van der Waals surface area contributed by atoms with Crippen LogP contribution < -0.4 is 5.32 Å². The summed E-state index contributed by atoms with van der Waals surface area (Å²) in [5.74, 6) is -0.453. The standard InChI is InChI=1S/C15H9Br2F3N4OS/c1-7-2-10(15(18,19)20)9(4-21)14(23-7)26-6-12(25)24-13-11(17)3-8(16)5-22-13/h2-3,5H,6H2,1H3,(H,22,24,25). The van der Waals surface area contributed by atoms with E-state index in [1.165, 1.54) is 19.2 Å². The topological polar surface area (TPSA) is 78.7 Å². The number of hydrogen-bond acceptors (Lipinski definition) is 5. The average molecular weight is 510 g/mol. The van der Waals surface area contributed by atoms with E-state index in [-0.39, 0.29) is 22.3 Å². The second-order valence-electron chi connectivity index (χ2n) is 4.92. The molecule has 0 fully saturated rings. The zero-order valence-electron chi connectivity index (χ0n) is 13.0. The van der Waals surface area contributed by atoms with Crippen molar-refractivity contribution in [1.82, 2.24) is 9.97 Å². The van der Waals surface area contributed by atoms with Crippen molar-refractivity contribution < 1.29 is 18.0 Å². The molecule has 2 aromatic rings. The number of nitrogens with one attached hydrogen (secondary N) is 1. The van der Waals surface area contributed by atoms with Gasteiger partial charge in [0.05, 0.1) is 21.4 Å². The van der Waals surface area contributed by atoms with Crippen molar-refractivity contribution >= 4 is 55.3 Å². The number of aryl methyl sites for hydroxylation is 1. The largest absolute Gasteiger partial charge is 0.417 e. The molecule has 0 saturated heterocycles. The predicted octanol–water partition coefficient (Wildman–Crippen LogP) is 4.93. The molecule has 0 aliphatic rings. The SMILES string of the molecule is Cc1cc(C(F)(F)F)c(C#N)c(SCC(=O)Nc2ncc(Br)cc2Br)n1. The fourth-order valence-corrected chi connectivity index (χ4v) is 3.82. The maximum atomic E-state index is 13.1. The molecular formula is C15H9Br2F3N4OS. The first-order valence-corrected chi connectivity index (χ1v) is 9.41. The number of pyridine rings is 2. The van der Waals surface area contributed by atoms with Crippen LogP contribution in [0.1, 0.15) is 16.8 Å². The summed E-state index contributed by atoms with van der Waals surface area (Å²) >= 11 is 7.22. The summed E-state index contributed by atoms with van der Waals surface area (Å²) in [7, 11) is 0. The first kappa shape index (κ1) is 20.7. The van der Waals surface area contributed by atoms with Gasteiger partial charge in [-0.25, -0.2) is 9.97 Å². The number of nitrogens with zero attached hydrogens (tertiary/aromatic N) is 3. The third-order valence-electron chi connectivity index (χ3n) is 2.94. The van der Waals surface area contributed by atoms with Crippen molar-refractivity contribution in [3.05, 3.63) is 44.1 Å². The Kier molecular flexibility index (Phi) is 6.65. The number of carbonyl (C=O) groups is 1. The number of thioether (sulfide) groups is 1. The van der Waals surface area contributed by atoms with E-state index in [2.05, 4.69) is 47.1 Å². The monoisotopic (exact) mass is 508 g/mol. The Labute approximate surface area is 167 Å². The average Bonchev–Trinajstić information content (AvgIpc) is 2.54. The van der Waals surface area contributed by atoms with Gasteiger partial charge in [-0.05, 0) is 50.9 Å². The fourth-order valence-electron chi connectivity index (χ4n) is 1.89. The summed E-state index contributed by atoms with van der Waals surface area (Å²) < 4.78 is 40.5. The third kappa shape index (κ3) is 5.18. The number of aromatic nitrogens is 2. The van der Waals surface area contributed by atoms with Crippen LogP contribution in [0, 0.1) is 18.3 Å². The van der Waals surface area contributed by atoms with E-state index in [4.69, 9.17) is 5.26 Å². The van der Waals surface area contributed by atoms with E-state index in [0.29, 0.717) is 8.95 Å². The van der Waals surface area contributed by atoms with E-state index in [1.54, 1.807) is 6.07 Å². The fraction of sp³-hybridized carbons (Fsp3) is 0.200. The summed E-state index contributed by atoms with van der Waals surface area (Å²) in [5.41, 5.74) is -1.55. The maximum Gasteiger partial charge on any atom is 0.417 e. The van der Waals surface area contributed by atoms with E-state index in [0.717, 1.165) is 17.8 Å². The molecule has 11 heteroatoms. The lowest BCUT2D eigenvalue weighted by Crippen LogP contribution is -2.16. The summed E-state index contributed by atoms with van der Waals surface area (Å²) in [6, 6.07) is 4.02. The van der Waals surface area contributed by atoms with Crippen LogP contribution in [0.4, 0.5) is 19.0 Å². The van der Waals surface area contributed by atoms with Gasteiger partial charge < -0.3 is 5.32 Å². The van der Waals surface area contributed by atoms with Crippen LogP contribution in [0.15, 0.2) is 32.3 Å². The molecular weight excluding hydrogens is 501 g/mol. The van der Waals surface area contributed by atoms with Gasteiger partial charge in [0.25, 0.3) is 0 Å². The van der Waals surface area contributed by atoms with Crippen LogP contribution in [0.25, 0.3) is 0 Å². The number of rotatable bonds is 4. The highest BCUT2D eigenvalue weighted by molar-refractivity contribution is 9.11. The van der Waals surface area contributed by atoms with Crippen molar-refractivity contribution in [3.63, 3.8) is 0 Å². The van der Waals surface area contributed by atoms with Gasteiger partial charge in [-0.1, -0.05) is 11.8 Å².